The second kappa shape index (κ2) is 6.86. The number of carbonyl (C=O) groups excluding carboxylic acids is 1. The van der Waals surface area contributed by atoms with Gasteiger partial charge in [-0.05, 0) is 36.6 Å². The number of halogens is 1. The Labute approximate surface area is 154 Å². The van der Waals surface area contributed by atoms with E-state index in [1.807, 2.05) is 30.3 Å². The fraction of sp³-hybridized carbons (Fsp3) is 0.158. The molecule has 2 N–H and O–H groups in total. The van der Waals surface area contributed by atoms with Crippen LogP contribution in [-0.2, 0) is 16.0 Å². The minimum atomic E-state index is -1.60. The first-order chi connectivity index (χ1) is 11.9. The summed E-state index contributed by atoms with van der Waals surface area (Å²) in [7, 11) is 0. The molecule has 3 aromatic rings. The number of carboxylic acid groups (broad SMARTS) is 1. The van der Waals surface area contributed by atoms with Gasteiger partial charge in [0.25, 0.3) is 0 Å². The van der Waals surface area contributed by atoms with Gasteiger partial charge in [0, 0.05) is 16.0 Å². The van der Waals surface area contributed by atoms with Crippen molar-refractivity contribution in [2.24, 2.45) is 5.41 Å². The number of aliphatic carboxylic acids is 1. The Morgan fingerprint density at radius 1 is 1.16 bits per heavy atom. The van der Waals surface area contributed by atoms with Crippen LogP contribution in [0.25, 0.3) is 10.1 Å². The minimum absolute atomic E-state index is 0.109. The Morgan fingerprint density at radius 2 is 1.84 bits per heavy atom. The van der Waals surface area contributed by atoms with Crippen LogP contribution in [0, 0.1) is 5.41 Å². The molecule has 0 spiro atoms. The lowest BCUT2D eigenvalue weighted by Crippen LogP contribution is -2.42. The van der Waals surface area contributed by atoms with E-state index >= 15 is 0 Å². The molecule has 0 aliphatic rings. The van der Waals surface area contributed by atoms with E-state index in [4.69, 9.17) is 11.6 Å². The summed E-state index contributed by atoms with van der Waals surface area (Å²) in [4.78, 5) is 25.4. The molecular weight excluding hydrogens is 358 g/mol. The van der Waals surface area contributed by atoms with Gasteiger partial charge in [-0.25, -0.2) is 0 Å². The van der Waals surface area contributed by atoms with Crippen molar-refractivity contribution in [3.63, 3.8) is 0 Å². The standard InChI is InChI=1S/C19H16ClNO3S/c1-19(18(23)24,17(22)21-15-8-4-3-7-14(15)20)11-13-10-12-6-2-5-9-16(12)25-13/h2-10H,11H2,1H3,(H,21,22)(H,23,24). The van der Waals surface area contributed by atoms with Gasteiger partial charge in [0.2, 0.25) is 5.91 Å². The third-order valence-electron chi connectivity index (χ3n) is 4.10. The molecular formula is C19H16ClNO3S. The molecule has 4 nitrogen and oxygen atoms in total. The van der Waals surface area contributed by atoms with Crippen molar-refractivity contribution in [1.82, 2.24) is 0 Å². The van der Waals surface area contributed by atoms with Crippen LogP contribution in [0.15, 0.2) is 54.6 Å². The van der Waals surface area contributed by atoms with Crippen LogP contribution in [0.5, 0.6) is 0 Å². The number of fused-ring (bicyclic) bond motifs is 1. The number of amides is 1. The summed E-state index contributed by atoms with van der Waals surface area (Å²) in [6.07, 6.45) is 0.109. The van der Waals surface area contributed by atoms with Gasteiger partial charge in [-0.3, -0.25) is 9.59 Å². The van der Waals surface area contributed by atoms with Crippen molar-refractivity contribution < 1.29 is 14.7 Å². The molecule has 0 fully saturated rings. The van der Waals surface area contributed by atoms with E-state index in [2.05, 4.69) is 5.32 Å². The fourth-order valence-electron chi connectivity index (χ4n) is 2.55. The van der Waals surface area contributed by atoms with Crippen molar-refractivity contribution in [3.05, 3.63) is 64.5 Å². The summed E-state index contributed by atoms with van der Waals surface area (Å²) in [6.45, 7) is 1.44. The van der Waals surface area contributed by atoms with E-state index in [1.54, 1.807) is 24.3 Å². The van der Waals surface area contributed by atoms with Crippen LogP contribution in [0.4, 0.5) is 5.69 Å². The van der Waals surface area contributed by atoms with Crippen LogP contribution in [0.3, 0.4) is 0 Å². The van der Waals surface area contributed by atoms with Crippen molar-refractivity contribution >= 4 is 50.6 Å². The quantitative estimate of drug-likeness (QED) is 0.629. The van der Waals surface area contributed by atoms with Gasteiger partial charge in [-0.15, -0.1) is 11.3 Å². The van der Waals surface area contributed by atoms with Crippen molar-refractivity contribution in [1.29, 1.82) is 0 Å². The SMILES string of the molecule is CC(Cc1cc2ccccc2s1)(C(=O)O)C(=O)Nc1ccccc1Cl. The van der Waals surface area contributed by atoms with E-state index in [1.165, 1.54) is 18.3 Å². The zero-order valence-corrected chi connectivity index (χ0v) is 15.0. The second-order valence-electron chi connectivity index (χ2n) is 6.00. The first-order valence-electron chi connectivity index (χ1n) is 7.67. The highest BCUT2D eigenvalue weighted by atomic mass is 35.5. The zero-order valence-electron chi connectivity index (χ0n) is 13.5. The molecule has 0 aliphatic carbocycles. The highest BCUT2D eigenvalue weighted by Gasteiger charge is 2.42. The maximum atomic E-state index is 12.7. The second-order valence-corrected chi connectivity index (χ2v) is 7.57. The number of rotatable bonds is 5. The van der Waals surface area contributed by atoms with E-state index in [0.717, 1.165) is 15.0 Å². The average molecular weight is 374 g/mol. The zero-order chi connectivity index (χ0) is 18.0. The Bertz CT molecular complexity index is 920. The van der Waals surface area contributed by atoms with Gasteiger partial charge in [-0.2, -0.15) is 0 Å². The number of hydrogen-bond acceptors (Lipinski definition) is 3. The monoisotopic (exact) mass is 373 g/mol. The van der Waals surface area contributed by atoms with Crippen LogP contribution >= 0.6 is 22.9 Å². The number of carboxylic acids is 1. The molecule has 0 saturated carbocycles. The van der Waals surface area contributed by atoms with E-state index in [-0.39, 0.29) is 6.42 Å². The van der Waals surface area contributed by atoms with E-state index < -0.39 is 17.3 Å². The average Bonchev–Trinajstić information content (AvgIpc) is 2.98. The third kappa shape index (κ3) is 3.52. The lowest BCUT2D eigenvalue weighted by atomic mass is 9.85. The predicted molar refractivity (Wildman–Crippen MR) is 101 cm³/mol. The molecule has 1 aromatic heterocycles. The maximum Gasteiger partial charge on any atom is 0.319 e. The largest absolute Gasteiger partial charge is 0.480 e. The smallest absolute Gasteiger partial charge is 0.319 e. The maximum absolute atomic E-state index is 12.7. The number of hydrogen-bond donors (Lipinski definition) is 2. The topological polar surface area (TPSA) is 66.4 Å². The third-order valence-corrected chi connectivity index (χ3v) is 5.55. The Morgan fingerprint density at radius 3 is 2.52 bits per heavy atom. The van der Waals surface area contributed by atoms with Gasteiger partial charge in [0.1, 0.15) is 5.41 Å². The summed E-state index contributed by atoms with van der Waals surface area (Å²) in [5.41, 5.74) is -1.20. The molecule has 0 saturated heterocycles. The first kappa shape index (κ1) is 17.5. The van der Waals surface area contributed by atoms with Gasteiger partial charge in [-0.1, -0.05) is 41.9 Å². The van der Waals surface area contributed by atoms with Gasteiger partial charge in [0.05, 0.1) is 10.7 Å². The lowest BCUT2D eigenvalue weighted by molar-refractivity contribution is -0.152. The highest BCUT2D eigenvalue weighted by Crippen LogP contribution is 2.33. The predicted octanol–water partition coefficient (Wildman–Crippen LogP) is 4.83. The molecule has 0 bridgehead atoms. The Kier molecular flexibility index (Phi) is 4.79. The van der Waals surface area contributed by atoms with Gasteiger partial charge >= 0.3 is 5.97 Å². The number of thiophene rings is 1. The Hall–Kier alpha value is -2.37. The van der Waals surface area contributed by atoms with Gasteiger partial charge in [0.15, 0.2) is 0 Å². The molecule has 2 aromatic carbocycles. The molecule has 25 heavy (non-hydrogen) atoms. The molecule has 1 heterocycles. The number of carbonyl (C=O) groups is 2. The molecule has 3 rings (SSSR count). The van der Waals surface area contributed by atoms with Crippen LogP contribution in [0.1, 0.15) is 11.8 Å². The molecule has 6 heteroatoms. The fourth-order valence-corrected chi connectivity index (χ4v) is 3.95. The van der Waals surface area contributed by atoms with Crippen molar-refractivity contribution in [2.45, 2.75) is 13.3 Å². The number of anilines is 1. The summed E-state index contributed by atoms with van der Waals surface area (Å²) >= 11 is 7.55. The first-order valence-corrected chi connectivity index (χ1v) is 8.86. The van der Waals surface area contributed by atoms with E-state index in [0.29, 0.717) is 10.7 Å². The van der Waals surface area contributed by atoms with Crippen LogP contribution in [-0.4, -0.2) is 17.0 Å². The van der Waals surface area contributed by atoms with Crippen LogP contribution in [0.2, 0.25) is 5.02 Å². The summed E-state index contributed by atoms with van der Waals surface area (Å²) in [5.74, 6) is -1.76. The molecule has 1 unspecified atom stereocenters. The highest BCUT2D eigenvalue weighted by molar-refractivity contribution is 7.19. The molecule has 0 aliphatic heterocycles. The van der Waals surface area contributed by atoms with Crippen molar-refractivity contribution in [3.8, 4) is 0 Å². The normalized spacial score (nSPS) is 13.4. The van der Waals surface area contributed by atoms with Gasteiger partial charge < -0.3 is 10.4 Å². The summed E-state index contributed by atoms with van der Waals surface area (Å²) in [6, 6.07) is 16.5. The number of benzene rings is 2. The Balaban J connectivity index is 1.89. The number of nitrogens with one attached hydrogen (secondary N) is 1. The molecule has 1 amide bonds. The van der Waals surface area contributed by atoms with E-state index in [9.17, 15) is 14.7 Å². The van der Waals surface area contributed by atoms with Crippen molar-refractivity contribution in [2.75, 3.05) is 5.32 Å². The molecule has 128 valence electrons. The summed E-state index contributed by atoms with van der Waals surface area (Å²) in [5, 5.41) is 13.7. The van der Waals surface area contributed by atoms with Crippen LogP contribution < -0.4 is 5.32 Å². The molecule has 0 radical (unpaired) electrons. The minimum Gasteiger partial charge on any atom is -0.480 e. The molecule has 1 atom stereocenters. The summed E-state index contributed by atoms with van der Waals surface area (Å²) < 4.78 is 1.07. The number of para-hydroxylation sites is 1. The lowest BCUT2D eigenvalue weighted by Gasteiger charge is -2.23.